The second-order valence-electron chi connectivity index (χ2n) is 6.69. The van der Waals surface area contributed by atoms with Crippen LogP contribution in [0.2, 0.25) is 0 Å². The molecule has 2 aliphatic rings. The van der Waals surface area contributed by atoms with E-state index >= 15 is 0 Å². The molecule has 1 spiro atoms. The summed E-state index contributed by atoms with van der Waals surface area (Å²) in [5, 5.41) is 9.28. The number of nitrogens with one attached hydrogen (secondary N) is 2. The van der Waals surface area contributed by atoms with E-state index in [9.17, 15) is 13.6 Å². The molecule has 0 saturated heterocycles. The van der Waals surface area contributed by atoms with Crippen molar-refractivity contribution in [1.29, 1.82) is 0 Å². The fraction of sp³-hybridized carbons (Fsp3) is 0.412. The summed E-state index contributed by atoms with van der Waals surface area (Å²) in [6.45, 7) is 0. The van der Waals surface area contributed by atoms with Crippen LogP contribution in [0, 0.1) is 17.0 Å². The molecule has 1 aromatic carbocycles. The maximum atomic E-state index is 13.9. The number of nitrogens with zero attached hydrogens (tertiary/aromatic N) is 1. The van der Waals surface area contributed by atoms with Crippen LogP contribution in [0.1, 0.15) is 42.5 Å². The van der Waals surface area contributed by atoms with Gasteiger partial charge in [0.05, 0.1) is 23.0 Å². The lowest BCUT2D eigenvalue weighted by Crippen LogP contribution is -2.53. The molecule has 0 aliphatic heterocycles. The Labute approximate surface area is 132 Å². The van der Waals surface area contributed by atoms with Gasteiger partial charge in [0.25, 0.3) is 5.91 Å². The van der Waals surface area contributed by atoms with E-state index in [4.69, 9.17) is 0 Å². The molecule has 1 amide bonds. The van der Waals surface area contributed by atoms with Crippen molar-refractivity contribution in [3.8, 4) is 11.3 Å². The Morgan fingerprint density at radius 3 is 2.57 bits per heavy atom. The molecule has 1 heterocycles. The maximum Gasteiger partial charge on any atom is 0.255 e. The normalized spacial score (nSPS) is 19.2. The number of aromatic amines is 1. The number of benzene rings is 1. The summed E-state index contributed by atoms with van der Waals surface area (Å²) in [6.07, 6.45) is 7.08. The van der Waals surface area contributed by atoms with Crippen LogP contribution < -0.4 is 5.32 Å². The van der Waals surface area contributed by atoms with Gasteiger partial charge in [-0.25, -0.2) is 8.78 Å². The first-order chi connectivity index (χ1) is 11.1. The van der Waals surface area contributed by atoms with Gasteiger partial charge in [0.1, 0.15) is 11.6 Å². The smallest absolute Gasteiger partial charge is 0.255 e. The maximum absolute atomic E-state index is 13.9. The standard InChI is InChI=1S/C17H17F2N3O/c18-12-3-1-4-13(19)14(12)15-11(9-20-22-15)16(23)21-10-7-17(8-10)5-2-6-17/h1,3-4,9-10H,2,5-8H2,(H,20,22)(H,21,23). The van der Waals surface area contributed by atoms with Crippen molar-refractivity contribution in [3.63, 3.8) is 0 Å². The number of aromatic nitrogens is 2. The van der Waals surface area contributed by atoms with Crippen molar-refractivity contribution in [2.75, 3.05) is 0 Å². The third-order valence-corrected chi connectivity index (χ3v) is 5.20. The predicted molar refractivity (Wildman–Crippen MR) is 80.7 cm³/mol. The molecule has 2 aliphatic carbocycles. The second kappa shape index (κ2) is 5.15. The van der Waals surface area contributed by atoms with E-state index in [0.717, 1.165) is 25.0 Å². The third-order valence-electron chi connectivity index (χ3n) is 5.20. The highest BCUT2D eigenvalue weighted by molar-refractivity contribution is 6.00. The molecule has 2 aromatic rings. The molecule has 1 aromatic heterocycles. The van der Waals surface area contributed by atoms with Crippen molar-refractivity contribution >= 4 is 5.91 Å². The van der Waals surface area contributed by atoms with Crippen LogP contribution >= 0.6 is 0 Å². The average Bonchev–Trinajstić information content (AvgIpc) is 2.89. The summed E-state index contributed by atoms with van der Waals surface area (Å²) < 4.78 is 27.9. The summed E-state index contributed by atoms with van der Waals surface area (Å²) in [7, 11) is 0. The molecule has 120 valence electrons. The van der Waals surface area contributed by atoms with Gasteiger partial charge in [-0.2, -0.15) is 5.10 Å². The molecule has 4 nitrogen and oxygen atoms in total. The minimum atomic E-state index is -0.722. The molecular formula is C17H17F2N3O. The van der Waals surface area contributed by atoms with Gasteiger partial charge in [-0.3, -0.25) is 9.89 Å². The number of amides is 1. The van der Waals surface area contributed by atoms with Crippen molar-refractivity contribution in [2.24, 2.45) is 5.41 Å². The quantitative estimate of drug-likeness (QED) is 0.911. The Hall–Kier alpha value is -2.24. The molecule has 2 fully saturated rings. The Morgan fingerprint density at radius 1 is 1.26 bits per heavy atom. The molecule has 0 radical (unpaired) electrons. The van der Waals surface area contributed by atoms with Crippen molar-refractivity contribution in [1.82, 2.24) is 15.5 Å². The Balaban J connectivity index is 1.54. The van der Waals surface area contributed by atoms with Gasteiger partial charge in [0.15, 0.2) is 0 Å². The molecule has 4 rings (SSSR count). The summed E-state index contributed by atoms with van der Waals surface area (Å²) in [5.74, 6) is -1.78. The van der Waals surface area contributed by atoms with Crippen LogP contribution in [0.5, 0.6) is 0 Å². The average molecular weight is 317 g/mol. The fourth-order valence-electron chi connectivity index (χ4n) is 3.82. The number of H-pyrrole nitrogens is 1. The molecule has 6 heteroatoms. The zero-order chi connectivity index (χ0) is 16.0. The summed E-state index contributed by atoms with van der Waals surface area (Å²) in [5.41, 5.74) is 0.452. The van der Waals surface area contributed by atoms with E-state index in [-0.39, 0.29) is 28.8 Å². The Kier molecular flexibility index (Phi) is 3.21. The molecule has 2 N–H and O–H groups in total. The summed E-state index contributed by atoms with van der Waals surface area (Å²) >= 11 is 0. The number of rotatable bonds is 3. The number of carbonyl (C=O) groups excluding carboxylic acids is 1. The zero-order valence-electron chi connectivity index (χ0n) is 12.5. The van der Waals surface area contributed by atoms with E-state index in [1.165, 1.54) is 31.5 Å². The largest absolute Gasteiger partial charge is 0.349 e. The third kappa shape index (κ3) is 2.33. The summed E-state index contributed by atoms with van der Waals surface area (Å²) in [4.78, 5) is 12.4. The van der Waals surface area contributed by atoms with Gasteiger partial charge in [0.2, 0.25) is 0 Å². The van der Waals surface area contributed by atoms with Gasteiger partial charge in [0, 0.05) is 6.04 Å². The SMILES string of the molecule is O=C(NC1CC2(CCC2)C1)c1cn[nH]c1-c1c(F)cccc1F. The van der Waals surface area contributed by atoms with E-state index in [1.54, 1.807) is 0 Å². The first-order valence-corrected chi connectivity index (χ1v) is 7.87. The second-order valence-corrected chi connectivity index (χ2v) is 6.69. The van der Waals surface area contributed by atoms with Gasteiger partial charge in [-0.05, 0) is 43.2 Å². The first kappa shape index (κ1) is 14.4. The predicted octanol–water partition coefficient (Wildman–Crippen LogP) is 3.42. The monoisotopic (exact) mass is 317 g/mol. The molecular weight excluding hydrogens is 300 g/mol. The Bertz CT molecular complexity index is 739. The van der Waals surface area contributed by atoms with Gasteiger partial charge in [-0.1, -0.05) is 12.5 Å². The number of hydrogen-bond donors (Lipinski definition) is 2. The highest BCUT2D eigenvalue weighted by Crippen LogP contribution is 2.55. The lowest BCUT2D eigenvalue weighted by Gasteiger charge is -2.54. The van der Waals surface area contributed by atoms with E-state index in [2.05, 4.69) is 15.5 Å². The number of halogens is 2. The Morgan fingerprint density at radius 2 is 1.96 bits per heavy atom. The molecule has 0 unspecified atom stereocenters. The van der Waals surface area contributed by atoms with Crippen molar-refractivity contribution in [2.45, 2.75) is 38.1 Å². The topological polar surface area (TPSA) is 57.8 Å². The van der Waals surface area contributed by atoms with Crippen LogP contribution in [0.15, 0.2) is 24.4 Å². The molecule has 23 heavy (non-hydrogen) atoms. The van der Waals surface area contributed by atoms with Crippen molar-refractivity contribution in [3.05, 3.63) is 41.6 Å². The van der Waals surface area contributed by atoms with Gasteiger partial charge in [-0.15, -0.1) is 0 Å². The van der Waals surface area contributed by atoms with E-state index in [1.807, 2.05) is 0 Å². The number of carbonyl (C=O) groups is 1. The van der Waals surface area contributed by atoms with Gasteiger partial charge >= 0.3 is 0 Å². The van der Waals surface area contributed by atoms with Crippen LogP contribution in [0.4, 0.5) is 8.78 Å². The van der Waals surface area contributed by atoms with E-state index in [0.29, 0.717) is 5.41 Å². The number of hydrogen-bond acceptors (Lipinski definition) is 2. The highest BCUT2D eigenvalue weighted by atomic mass is 19.1. The molecule has 0 atom stereocenters. The highest BCUT2D eigenvalue weighted by Gasteiger charge is 2.48. The fourth-order valence-corrected chi connectivity index (χ4v) is 3.82. The summed E-state index contributed by atoms with van der Waals surface area (Å²) in [6, 6.07) is 3.76. The lowest BCUT2D eigenvalue weighted by molar-refractivity contribution is -0.000611. The van der Waals surface area contributed by atoms with Crippen LogP contribution in [-0.4, -0.2) is 22.1 Å². The molecule has 2 saturated carbocycles. The van der Waals surface area contributed by atoms with Gasteiger partial charge < -0.3 is 5.32 Å². The minimum absolute atomic E-state index is 0.0794. The van der Waals surface area contributed by atoms with E-state index < -0.39 is 11.6 Å². The van der Waals surface area contributed by atoms with Crippen LogP contribution in [-0.2, 0) is 0 Å². The molecule has 0 bridgehead atoms. The van der Waals surface area contributed by atoms with Crippen LogP contribution in [0.25, 0.3) is 11.3 Å². The lowest BCUT2D eigenvalue weighted by atomic mass is 9.54. The zero-order valence-corrected chi connectivity index (χ0v) is 12.5. The minimum Gasteiger partial charge on any atom is -0.349 e. The first-order valence-electron chi connectivity index (χ1n) is 7.87. The van der Waals surface area contributed by atoms with Crippen molar-refractivity contribution < 1.29 is 13.6 Å². The van der Waals surface area contributed by atoms with Crippen LogP contribution in [0.3, 0.4) is 0 Å².